The summed E-state index contributed by atoms with van der Waals surface area (Å²) in [5, 5.41) is 14.9. The quantitative estimate of drug-likeness (QED) is 0.207. The lowest BCUT2D eigenvalue weighted by Gasteiger charge is -2.23. The highest BCUT2D eigenvalue weighted by atomic mass is 35.5. The number of amidine groups is 1. The van der Waals surface area contributed by atoms with Crippen molar-refractivity contribution in [2.45, 2.75) is 57.9 Å². The third-order valence-corrected chi connectivity index (χ3v) is 7.70. The van der Waals surface area contributed by atoms with Gasteiger partial charge in [0.15, 0.2) is 12.4 Å². The first kappa shape index (κ1) is 30.8. The lowest BCUT2D eigenvalue weighted by atomic mass is 9.83. The summed E-state index contributed by atoms with van der Waals surface area (Å²) in [5.74, 6) is -0.629. The summed E-state index contributed by atoms with van der Waals surface area (Å²) >= 11 is 13.0. The van der Waals surface area contributed by atoms with Gasteiger partial charge in [-0.2, -0.15) is 4.98 Å². The van der Waals surface area contributed by atoms with E-state index in [0.717, 1.165) is 32.1 Å². The zero-order valence-corrected chi connectivity index (χ0v) is 24.0. The third-order valence-electron chi connectivity index (χ3n) is 6.96. The summed E-state index contributed by atoms with van der Waals surface area (Å²) in [6.45, 7) is -0.880. The minimum atomic E-state index is -2.77. The summed E-state index contributed by atoms with van der Waals surface area (Å²) < 4.78 is 36.1. The van der Waals surface area contributed by atoms with Gasteiger partial charge in [-0.05, 0) is 42.5 Å². The monoisotopic (exact) mass is 609 g/mol. The van der Waals surface area contributed by atoms with Crippen LogP contribution in [0.25, 0.3) is 0 Å². The number of ether oxygens (including phenoxy) is 2. The second-order valence-corrected chi connectivity index (χ2v) is 10.7. The molecule has 9 nitrogen and oxygen atoms in total. The molecule has 3 N–H and O–H groups in total. The number of aryl methyl sites for hydroxylation is 1. The molecular weight excluding hydrogens is 579 g/mol. The molecule has 0 bridgehead atoms. The summed E-state index contributed by atoms with van der Waals surface area (Å²) in [6, 6.07) is 4.88. The number of nitrogens with zero attached hydrogens (tertiary/aromatic N) is 2. The molecule has 1 aliphatic carbocycles. The third kappa shape index (κ3) is 7.78. The van der Waals surface area contributed by atoms with Crippen LogP contribution in [0.2, 0.25) is 10.0 Å². The first-order valence-electron chi connectivity index (χ1n) is 13.3. The van der Waals surface area contributed by atoms with Crippen molar-refractivity contribution in [2.24, 2.45) is 10.9 Å². The molecule has 0 atom stereocenters. The Hall–Kier alpha value is -3.15. The van der Waals surface area contributed by atoms with Gasteiger partial charge >= 0.3 is 0 Å². The molecule has 1 aromatic heterocycles. The highest BCUT2D eigenvalue weighted by Crippen LogP contribution is 2.36. The van der Waals surface area contributed by atoms with Gasteiger partial charge < -0.3 is 25.5 Å². The van der Waals surface area contributed by atoms with E-state index in [4.69, 9.17) is 38.1 Å². The fourth-order valence-electron chi connectivity index (χ4n) is 4.84. The van der Waals surface area contributed by atoms with E-state index in [9.17, 15) is 18.4 Å². The molecule has 1 aromatic carbocycles. The van der Waals surface area contributed by atoms with Gasteiger partial charge in [-0.15, -0.1) is 0 Å². The van der Waals surface area contributed by atoms with Crippen LogP contribution in [-0.4, -0.2) is 55.0 Å². The smallest absolute Gasteiger partial charge is 0.272 e. The first-order chi connectivity index (χ1) is 19.7. The van der Waals surface area contributed by atoms with Crippen LogP contribution in [0.3, 0.4) is 0 Å². The van der Waals surface area contributed by atoms with Gasteiger partial charge in [0.05, 0.1) is 27.0 Å². The summed E-state index contributed by atoms with van der Waals surface area (Å²) in [4.78, 5) is 33.9. The Kier molecular flexibility index (Phi) is 10.6. The maximum atomic E-state index is 13.3. The van der Waals surface area contributed by atoms with E-state index >= 15 is 0 Å². The number of Topliss-reactive ketones (excluding diaryl/α,β-unsaturated/α-hetero) is 1. The number of amides is 1. The normalized spacial score (nSPS) is 15.2. The Bertz CT molecular complexity index is 1350. The number of pyridine rings is 1. The second-order valence-electron chi connectivity index (χ2n) is 9.89. The number of alkyl halides is 2. The molecule has 13 heteroatoms. The van der Waals surface area contributed by atoms with E-state index in [1.165, 1.54) is 7.11 Å². The van der Waals surface area contributed by atoms with E-state index in [0.29, 0.717) is 45.5 Å². The average molecular weight is 610 g/mol. The molecule has 0 radical (unpaired) electrons. The topological polar surface area (TPSA) is 126 Å². The number of halogens is 4. The van der Waals surface area contributed by atoms with E-state index < -0.39 is 18.8 Å². The molecule has 2 aromatic rings. The van der Waals surface area contributed by atoms with Crippen molar-refractivity contribution >= 4 is 57.9 Å². The molecule has 1 saturated carbocycles. The first-order valence-corrected chi connectivity index (χ1v) is 14.1. The van der Waals surface area contributed by atoms with E-state index in [-0.39, 0.29) is 47.9 Å². The van der Waals surface area contributed by atoms with Crippen molar-refractivity contribution < 1.29 is 27.8 Å². The molecule has 0 spiro atoms. The molecule has 2 heterocycles. The number of anilines is 1. The number of ketones is 1. The van der Waals surface area contributed by atoms with Gasteiger partial charge in [0.25, 0.3) is 6.43 Å². The van der Waals surface area contributed by atoms with Gasteiger partial charge in [-0.3, -0.25) is 9.59 Å². The fraction of sp³-hybridized carbons (Fsp3) is 0.464. The number of aliphatic imine (C=N–C) groups is 1. The van der Waals surface area contributed by atoms with Crippen LogP contribution in [0.5, 0.6) is 5.88 Å². The van der Waals surface area contributed by atoms with Crippen LogP contribution in [0.15, 0.2) is 23.2 Å². The van der Waals surface area contributed by atoms with Crippen molar-refractivity contribution in [3.05, 3.63) is 44.9 Å². The largest absolute Gasteiger partial charge is 0.471 e. The summed E-state index contributed by atoms with van der Waals surface area (Å²) in [5.41, 5.74) is 1.59. The van der Waals surface area contributed by atoms with Crippen LogP contribution < -0.4 is 15.4 Å². The molecule has 4 rings (SSSR count). The molecule has 1 fully saturated rings. The Morgan fingerprint density at radius 2 is 1.93 bits per heavy atom. The standard InChI is InChI=1S/C28H31Cl2F2N5O4/c1-40-14-22(38)34-12-17-7-9-19(29)25(23(17)30)35-21-10-8-16-11-18(26(39)24(33)15-5-3-2-4-6-15)28(37-27(16)36-21)41-13-20(31)32/h7,9,11,15,20,33H,2-6,8,10,12-14H2,1H3,(H,34,38)(H,35,36,37). The Morgan fingerprint density at radius 1 is 1.17 bits per heavy atom. The van der Waals surface area contributed by atoms with Crippen molar-refractivity contribution in [1.29, 1.82) is 5.41 Å². The highest BCUT2D eigenvalue weighted by molar-refractivity contribution is 6.46. The molecule has 220 valence electrons. The summed E-state index contributed by atoms with van der Waals surface area (Å²) in [6.07, 6.45) is 2.54. The zero-order chi connectivity index (χ0) is 29.5. The zero-order valence-electron chi connectivity index (χ0n) is 22.5. The van der Waals surface area contributed by atoms with Gasteiger partial charge in [0, 0.05) is 26.0 Å². The minimum absolute atomic E-state index is 0.000827. The number of carbonyl (C=O) groups is 2. The predicted octanol–water partition coefficient (Wildman–Crippen LogP) is 6.17. The second kappa shape index (κ2) is 14.2. The number of carbonyl (C=O) groups excluding carboxylic acids is 2. The van der Waals surface area contributed by atoms with Crippen molar-refractivity contribution in [3.63, 3.8) is 0 Å². The molecule has 1 aliphatic heterocycles. The number of hydrogen-bond donors (Lipinski definition) is 3. The molecule has 41 heavy (non-hydrogen) atoms. The van der Waals surface area contributed by atoms with Crippen molar-refractivity contribution in [1.82, 2.24) is 10.3 Å². The van der Waals surface area contributed by atoms with Gasteiger partial charge in [0.2, 0.25) is 17.6 Å². The van der Waals surface area contributed by atoms with Crippen LogP contribution in [0.1, 0.15) is 60.0 Å². The number of fused-ring (bicyclic) bond motifs is 1. The average Bonchev–Trinajstić information content (AvgIpc) is 2.97. The van der Waals surface area contributed by atoms with E-state index in [2.05, 4.69) is 20.6 Å². The predicted molar refractivity (Wildman–Crippen MR) is 154 cm³/mol. The van der Waals surface area contributed by atoms with Gasteiger partial charge in [0.1, 0.15) is 12.4 Å². The highest BCUT2D eigenvalue weighted by Gasteiger charge is 2.29. The number of nitrogens with one attached hydrogen (secondary N) is 3. The lowest BCUT2D eigenvalue weighted by molar-refractivity contribution is -0.124. The molecule has 2 aliphatic rings. The number of rotatable bonds is 11. The number of methoxy groups -OCH3 is 1. The SMILES string of the molecule is COCC(=O)NCc1ccc(Cl)c(NC2=Nc3nc(OCC(F)F)c(C(=O)C(=N)C4CCCCC4)cc3CC2)c1Cl. The number of hydrogen-bond acceptors (Lipinski definition) is 8. The molecule has 0 unspecified atom stereocenters. The lowest BCUT2D eigenvalue weighted by Crippen LogP contribution is -2.27. The minimum Gasteiger partial charge on any atom is -0.471 e. The van der Waals surface area contributed by atoms with Crippen molar-refractivity contribution in [3.8, 4) is 5.88 Å². The maximum absolute atomic E-state index is 13.3. The summed E-state index contributed by atoms with van der Waals surface area (Å²) in [7, 11) is 1.42. The van der Waals surface area contributed by atoms with E-state index in [1.807, 2.05) is 0 Å². The van der Waals surface area contributed by atoms with Crippen LogP contribution >= 0.6 is 23.2 Å². The molecular formula is C28H31Cl2F2N5O4. The maximum Gasteiger partial charge on any atom is 0.272 e. The molecule has 0 saturated heterocycles. The van der Waals surface area contributed by atoms with E-state index in [1.54, 1.807) is 18.2 Å². The van der Waals surface area contributed by atoms with Crippen molar-refractivity contribution in [2.75, 3.05) is 25.6 Å². The van der Waals surface area contributed by atoms with Gasteiger partial charge in [-0.1, -0.05) is 48.5 Å². The Labute approximate surface area is 246 Å². The number of aromatic nitrogens is 1. The van der Waals surface area contributed by atoms with Crippen LogP contribution in [0, 0.1) is 11.3 Å². The van der Waals surface area contributed by atoms with Gasteiger partial charge in [-0.25, -0.2) is 13.8 Å². The Morgan fingerprint density at radius 3 is 2.63 bits per heavy atom. The van der Waals surface area contributed by atoms with Crippen LogP contribution in [0.4, 0.5) is 20.3 Å². The fourth-order valence-corrected chi connectivity index (χ4v) is 5.37. The number of benzene rings is 1. The van der Waals surface area contributed by atoms with Crippen LogP contribution in [-0.2, 0) is 22.5 Å². The Balaban J connectivity index is 1.59. The molecule has 1 amide bonds.